The smallest absolute Gasteiger partial charge is 0.271 e. The number of nitrogens with zero attached hydrogens (tertiary/aromatic N) is 1. The molecule has 0 aromatic heterocycles. The molecule has 0 saturated carbocycles. The van der Waals surface area contributed by atoms with Crippen LogP contribution < -0.4 is 10.0 Å². The van der Waals surface area contributed by atoms with Crippen molar-refractivity contribution in [3.63, 3.8) is 0 Å². The lowest BCUT2D eigenvalue weighted by Crippen LogP contribution is -2.15. The van der Waals surface area contributed by atoms with Gasteiger partial charge in [-0.3, -0.25) is 19.6 Å². The summed E-state index contributed by atoms with van der Waals surface area (Å²) in [7, 11) is -3.77. The van der Waals surface area contributed by atoms with Gasteiger partial charge in [0, 0.05) is 17.7 Å². The van der Waals surface area contributed by atoms with Gasteiger partial charge in [-0.1, -0.05) is 29.8 Å². The number of nitro benzene ring substituents is 1. The minimum atomic E-state index is -3.77. The fourth-order valence-corrected chi connectivity index (χ4v) is 3.96. The average Bonchev–Trinajstić information content (AvgIpc) is 2.71. The molecule has 0 saturated heterocycles. The first-order valence-corrected chi connectivity index (χ1v) is 10.5. The van der Waals surface area contributed by atoms with E-state index in [0.29, 0.717) is 11.3 Å². The molecule has 2 N–H and O–H groups in total. The largest absolute Gasteiger partial charge is 0.320 e. The average molecular weight is 446 g/mol. The molecule has 0 atom stereocenters. The van der Waals surface area contributed by atoms with Crippen LogP contribution in [0, 0.1) is 17.0 Å². The number of hydrogen-bond acceptors (Lipinski definition) is 5. The standard InChI is InChI=1S/C20H16ClN3O5S/c1-13-11-14(20(25)22-19-12-15(24(26)27)8-9-17(19)21)7-10-18(13)23-30(28,29)16-5-3-2-4-6-16/h2-12,23H,1H3,(H,22,25). The normalized spacial score (nSPS) is 11.0. The number of halogens is 1. The van der Waals surface area contributed by atoms with Gasteiger partial charge in [-0.05, 0) is 48.9 Å². The van der Waals surface area contributed by atoms with E-state index in [2.05, 4.69) is 10.0 Å². The third kappa shape index (κ3) is 4.76. The van der Waals surface area contributed by atoms with Crippen molar-refractivity contribution in [2.45, 2.75) is 11.8 Å². The van der Waals surface area contributed by atoms with E-state index in [1.807, 2.05) is 0 Å². The number of aryl methyl sites for hydroxylation is 1. The van der Waals surface area contributed by atoms with Gasteiger partial charge in [0.1, 0.15) is 0 Å². The van der Waals surface area contributed by atoms with E-state index in [-0.39, 0.29) is 26.9 Å². The van der Waals surface area contributed by atoms with Gasteiger partial charge in [0.05, 0.1) is 26.2 Å². The van der Waals surface area contributed by atoms with Gasteiger partial charge in [-0.15, -0.1) is 0 Å². The van der Waals surface area contributed by atoms with Gasteiger partial charge >= 0.3 is 0 Å². The van der Waals surface area contributed by atoms with E-state index >= 15 is 0 Å². The third-order valence-electron chi connectivity index (χ3n) is 4.20. The van der Waals surface area contributed by atoms with Crippen LogP contribution in [0.25, 0.3) is 0 Å². The second kappa shape index (κ2) is 8.52. The summed E-state index contributed by atoms with van der Waals surface area (Å²) in [6.45, 7) is 1.65. The number of hydrogen-bond donors (Lipinski definition) is 2. The Kier molecular flexibility index (Phi) is 6.04. The fourth-order valence-electron chi connectivity index (χ4n) is 2.64. The number of sulfonamides is 1. The van der Waals surface area contributed by atoms with E-state index in [1.54, 1.807) is 25.1 Å². The summed E-state index contributed by atoms with van der Waals surface area (Å²) in [5, 5.41) is 13.6. The molecule has 1 amide bonds. The van der Waals surface area contributed by atoms with E-state index in [9.17, 15) is 23.3 Å². The molecule has 154 valence electrons. The molecule has 30 heavy (non-hydrogen) atoms. The number of anilines is 2. The first-order chi connectivity index (χ1) is 14.2. The number of nitro groups is 1. The highest BCUT2D eigenvalue weighted by molar-refractivity contribution is 7.92. The molecule has 0 heterocycles. The highest BCUT2D eigenvalue weighted by Gasteiger charge is 2.17. The van der Waals surface area contributed by atoms with Gasteiger partial charge in [0.2, 0.25) is 0 Å². The van der Waals surface area contributed by atoms with Crippen molar-refractivity contribution in [2.24, 2.45) is 0 Å². The summed E-state index contributed by atoms with van der Waals surface area (Å²) in [5.41, 5.74) is 0.965. The maximum absolute atomic E-state index is 12.5. The summed E-state index contributed by atoms with van der Waals surface area (Å²) in [6.07, 6.45) is 0. The molecule has 0 aliphatic heterocycles. The van der Waals surface area contributed by atoms with Crippen molar-refractivity contribution < 1.29 is 18.1 Å². The zero-order chi connectivity index (χ0) is 21.9. The third-order valence-corrected chi connectivity index (χ3v) is 5.91. The summed E-state index contributed by atoms with van der Waals surface area (Å²) in [4.78, 5) is 23.0. The minimum absolute atomic E-state index is 0.0994. The van der Waals surface area contributed by atoms with Gasteiger partial charge in [0.25, 0.3) is 21.6 Å². The van der Waals surface area contributed by atoms with E-state index in [1.165, 1.54) is 42.5 Å². The predicted octanol–water partition coefficient (Wildman–Crippen LogP) is 4.61. The highest BCUT2D eigenvalue weighted by atomic mass is 35.5. The number of non-ortho nitro benzene ring substituents is 1. The Hall–Kier alpha value is -3.43. The second-order valence-corrected chi connectivity index (χ2v) is 8.41. The number of carbonyl (C=O) groups is 1. The first-order valence-electron chi connectivity index (χ1n) is 8.61. The van der Waals surface area contributed by atoms with Crippen molar-refractivity contribution >= 4 is 44.6 Å². The maximum Gasteiger partial charge on any atom is 0.271 e. The van der Waals surface area contributed by atoms with Crippen molar-refractivity contribution in [2.75, 3.05) is 10.0 Å². The van der Waals surface area contributed by atoms with Crippen LogP contribution in [0.1, 0.15) is 15.9 Å². The molecule has 0 radical (unpaired) electrons. The van der Waals surface area contributed by atoms with E-state index in [4.69, 9.17) is 11.6 Å². The van der Waals surface area contributed by atoms with Crippen LogP contribution in [-0.4, -0.2) is 19.2 Å². The van der Waals surface area contributed by atoms with Crippen molar-refractivity contribution in [3.8, 4) is 0 Å². The number of amides is 1. The first kappa shape index (κ1) is 21.3. The Bertz CT molecular complexity index is 1230. The zero-order valence-corrected chi connectivity index (χ0v) is 17.2. The minimum Gasteiger partial charge on any atom is -0.320 e. The lowest BCUT2D eigenvalue weighted by atomic mass is 10.1. The van der Waals surface area contributed by atoms with Crippen LogP contribution in [0.3, 0.4) is 0 Å². The maximum atomic E-state index is 12.5. The Morgan fingerprint density at radius 1 is 1.00 bits per heavy atom. The summed E-state index contributed by atoms with van der Waals surface area (Å²) in [6, 6.07) is 16.0. The molecule has 3 rings (SSSR count). The molecule has 0 aliphatic carbocycles. The molecule has 3 aromatic rings. The van der Waals surface area contributed by atoms with Crippen LogP contribution in [-0.2, 0) is 10.0 Å². The highest BCUT2D eigenvalue weighted by Crippen LogP contribution is 2.28. The lowest BCUT2D eigenvalue weighted by Gasteiger charge is -2.12. The molecular formula is C20H16ClN3O5S. The predicted molar refractivity (Wildman–Crippen MR) is 114 cm³/mol. The number of rotatable bonds is 6. The molecule has 0 unspecified atom stereocenters. The SMILES string of the molecule is Cc1cc(C(=O)Nc2cc([N+](=O)[O-])ccc2Cl)ccc1NS(=O)(=O)c1ccccc1. The van der Waals surface area contributed by atoms with Crippen molar-refractivity contribution in [3.05, 3.63) is 93.0 Å². The van der Waals surface area contributed by atoms with E-state index in [0.717, 1.165) is 6.07 Å². The Morgan fingerprint density at radius 3 is 2.33 bits per heavy atom. The molecule has 0 aliphatic rings. The number of carbonyl (C=O) groups excluding carboxylic acids is 1. The van der Waals surface area contributed by atoms with Crippen LogP contribution in [0.4, 0.5) is 17.1 Å². The summed E-state index contributed by atoms with van der Waals surface area (Å²) < 4.78 is 27.4. The Morgan fingerprint density at radius 2 is 1.70 bits per heavy atom. The van der Waals surface area contributed by atoms with Crippen molar-refractivity contribution in [1.29, 1.82) is 0 Å². The molecule has 8 nitrogen and oxygen atoms in total. The van der Waals surface area contributed by atoms with E-state index < -0.39 is 20.9 Å². The van der Waals surface area contributed by atoms with Crippen LogP contribution in [0.15, 0.2) is 71.6 Å². The molecule has 0 fully saturated rings. The molecule has 3 aromatic carbocycles. The van der Waals surface area contributed by atoms with Gasteiger partial charge in [-0.25, -0.2) is 8.42 Å². The van der Waals surface area contributed by atoms with Gasteiger partial charge in [-0.2, -0.15) is 0 Å². The topological polar surface area (TPSA) is 118 Å². The summed E-state index contributed by atoms with van der Waals surface area (Å²) >= 11 is 6.01. The number of nitrogens with one attached hydrogen (secondary N) is 2. The molecule has 0 bridgehead atoms. The molecule has 10 heteroatoms. The van der Waals surface area contributed by atoms with Crippen molar-refractivity contribution in [1.82, 2.24) is 0 Å². The molecule has 0 spiro atoms. The van der Waals surface area contributed by atoms with Crippen LogP contribution in [0.2, 0.25) is 5.02 Å². The number of benzene rings is 3. The lowest BCUT2D eigenvalue weighted by molar-refractivity contribution is -0.384. The monoisotopic (exact) mass is 445 g/mol. The fraction of sp³-hybridized carbons (Fsp3) is 0.0500. The quantitative estimate of drug-likeness (QED) is 0.424. The van der Waals surface area contributed by atoms with Gasteiger partial charge < -0.3 is 5.32 Å². The van der Waals surface area contributed by atoms with Crippen LogP contribution in [0.5, 0.6) is 0 Å². The summed E-state index contributed by atoms with van der Waals surface area (Å²) in [5.74, 6) is -0.544. The Balaban J connectivity index is 1.81. The zero-order valence-electron chi connectivity index (χ0n) is 15.6. The Labute approximate surface area is 177 Å². The second-order valence-electron chi connectivity index (χ2n) is 6.32. The van der Waals surface area contributed by atoms with Crippen LogP contribution >= 0.6 is 11.6 Å². The molecular weight excluding hydrogens is 430 g/mol. The van der Waals surface area contributed by atoms with Gasteiger partial charge in [0.15, 0.2) is 0 Å².